The van der Waals surface area contributed by atoms with E-state index in [1.54, 1.807) is 12.1 Å². The molecule has 0 atom stereocenters. The van der Waals surface area contributed by atoms with E-state index < -0.39 is 7.12 Å². The van der Waals surface area contributed by atoms with Gasteiger partial charge in [0, 0.05) is 12.3 Å². The van der Waals surface area contributed by atoms with Crippen molar-refractivity contribution in [3.8, 4) is 5.88 Å². The first-order valence-corrected chi connectivity index (χ1v) is 3.13. The van der Waals surface area contributed by atoms with Gasteiger partial charge in [-0.05, 0) is 6.07 Å². The Hall–Kier alpha value is -1.07. The lowest BCUT2D eigenvalue weighted by Crippen LogP contribution is -2.29. The van der Waals surface area contributed by atoms with Crippen molar-refractivity contribution in [3.05, 3.63) is 18.3 Å². The molecule has 4 nitrogen and oxygen atoms in total. The standard InChI is InChI=1S/C6H8BNO3/c1-11-6-3-2-5(4-8-6)7(9)10/h2-4,9-10H,1H3/p+1. The Morgan fingerprint density at radius 2 is 2.36 bits per heavy atom. The van der Waals surface area contributed by atoms with Crippen molar-refractivity contribution in [1.82, 2.24) is 4.98 Å². The Bertz CT molecular complexity index is 224. The molecule has 1 aromatic heterocycles. The van der Waals surface area contributed by atoms with E-state index in [2.05, 4.69) is 4.98 Å². The molecule has 0 bridgehead atoms. The number of aromatic nitrogens is 1. The van der Waals surface area contributed by atoms with Gasteiger partial charge in [0.1, 0.15) is 0 Å². The average Bonchev–Trinajstić information content (AvgIpc) is 2.05. The smallest absolute Gasteiger partial charge is 0.522 e. The molecule has 0 aliphatic heterocycles. The van der Waals surface area contributed by atoms with Crippen LogP contribution in [-0.4, -0.2) is 29.3 Å². The van der Waals surface area contributed by atoms with Crippen LogP contribution in [0.2, 0.25) is 0 Å². The highest BCUT2D eigenvalue weighted by molar-refractivity contribution is 6.58. The number of nitrogens with zero attached hydrogens (tertiary/aromatic N) is 1. The molecule has 0 spiro atoms. The van der Waals surface area contributed by atoms with Crippen LogP contribution in [0.1, 0.15) is 0 Å². The highest BCUT2D eigenvalue weighted by Crippen LogP contribution is 1.99. The first-order chi connectivity index (χ1) is 5.24. The molecule has 0 saturated carbocycles. The van der Waals surface area contributed by atoms with Crippen molar-refractivity contribution in [3.63, 3.8) is 0 Å². The summed E-state index contributed by atoms with van der Waals surface area (Å²) in [6.07, 6.45) is 1.41. The predicted molar refractivity (Wildman–Crippen MR) is 42.0 cm³/mol. The maximum atomic E-state index is 8.77. The van der Waals surface area contributed by atoms with E-state index in [9.17, 15) is 0 Å². The molecule has 0 amide bonds. The van der Waals surface area contributed by atoms with Crippen LogP contribution in [0.4, 0.5) is 0 Å². The monoisotopic (exact) mass is 154 g/mol. The zero-order valence-electron chi connectivity index (χ0n) is 6.11. The van der Waals surface area contributed by atoms with E-state index in [0.29, 0.717) is 11.3 Å². The summed E-state index contributed by atoms with van der Waals surface area (Å²) in [4.78, 5) is 3.82. The van der Waals surface area contributed by atoms with Crippen LogP contribution >= 0.6 is 0 Å². The zero-order valence-corrected chi connectivity index (χ0v) is 6.11. The molecule has 1 rings (SSSR count). The number of hydrogen-bond acceptors (Lipinski definition) is 3. The Kier molecular flexibility index (Phi) is 2.46. The lowest BCUT2D eigenvalue weighted by molar-refractivity contribution is 0.397. The van der Waals surface area contributed by atoms with E-state index in [1.807, 2.05) is 0 Å². The summed E-state index contributed by atoms with van der Waals surface area (Å²) >= 11 is 0. The third-order valence-electron chi connectivity index (χ3n) is 1.28. The van der Waals surface area contributed by atoms with E-state index >= 15 is 0 Å². The molecule has 0 aliphatic carbocycles. The lowest BCUT2D eigenvalue weighted by Gasteiger charge is -1.96. The molecule has 11 heavy (non-hydrogen) atoms. The molecule has 1 aromatic rings. The molecular formula is C6H9BNO3+. The van der Waals surface area contributed by atoms with Crippen molar-refractivity contribution < 1.29 is 14.8 Å². The lowest BCUT2D eigenvalue weighted by atomic mass is 9.82. The van der Waals surface area contributed by atoms with E-state index in [4.69, 9.17) is 14.8 Å². The van der Waals surface area contributed by atoms with Gasteiger partial charge >= 0.3 is 7.12 Å². The van der Waals surface area contributed by atoms with Crippen molar-refractivity contribution in [2.24, 2.45) is 0 Å². The summed E-state index contributed by atoms with van der Waals surface area (Å²) in [7, 11) is 0.299. The largest absolute Gasteiger partial charge is 0.729 e. The molecule has 0 aliphatic rings. The second-order valence-electron chi connectivity index (χ2n) is 2.04. The Morgan fingerprint density at radius 1 is 1.64 bits per heavy atom. The fourth-order valence-electron chi connectivity index (χ4n) is 0.674. The van der Waals surface area contributed by atoms with Crippen LogP contribution in [0.3, 0.4) is 0 Å². The average molecular weight is 154 g/mol. The van der Waals surface area contributed by atoms with Crippen LogP contribution in [-0.2, 0) is 0 Å². The van der Waals surface area contributed by atoms with Crippen molar-refractivity contribution in [2.75, 3.05) is 7.11 Å². The normalized spacial score (nSPS) is 9.36. The van der Waals surface area contributed by atoms with Crippen molar-refractivity contribution in [2.45, 2.75) is 0 Å². The number of methoxy groups -OCH3 is 1. The SMILES string of the molecule is COc1ccc(B(O)[OH2+])cn1. The Balaban J connectivity index is 2.83. The number of pyridine rings is 1. The first-order valence-electron chi connectivity index (χ1n) is 3.13. The van der Waals surface area contributed by atoms with Crippen molar-refractivity contribution >= 4 is 12.6 Å². The fraction of sp³-hybridized carbons (Fsp3) is 0.167. The molecule has 0 aromatic carbocycles. The minimum absolute atomic E-state index is 0.464. The van der Waals surface area contributed by atoms with E-state index in [-0.39, 0.29) is 0 Å². The summed E-state index contributed by atoms with van der Waals surface area (Å²) < 4.78 is 4.79. The van der Waals surface area contributed by atoms with Gasteiger partial charge < -0.3 is 14.8 Å². The summed E-state index contributed by atoms with van der Waals surface area (Å²) in [6, 6.07) is 3.20. The maximum Gasteiger partial charge on any atom is 0.729 e. The molecular weight excluding hydrogens is 145 g/mol. The second-order valence-corrected chi connectivity index (χ2v) is 2.04. The van der Waals surface area contributed by atoms with E-state index in [0.717, 1.165) is 0 Å². The Morgan fingerprint density at radius 3 is 2.73 bits per heavy atom. The quantitative estimate of drug-likeness (QED) is 0.416. The van der Waals surface area contributed by atoms with Gasteiger partial charge in [-0.3, -0.25) is 0 Å². The number of rotatable bonds is 2. The first kappa shape index (κ1) is 8.04. The van der Waals surface area contributed by atoms with Crippen LogP contribution in [0.5, 0.6) is 5.88 Å². The maximum absolute atomic E-state index is 8.77. The molecule has 0 unspecified atom stereocenters. The highest BCUT2D eigenvalue weighted by atomic mass is 16.5. The third-order valence-corrected chi connectivity index (χ3v) is 1.28. The molecule has 0 saturated heterocycles. The van der Waals surface area contributed by atoms with Gasteiger partial charge in [-0.1, -0.05) is 0 Å². The summed E-state index contributed by atoms with van der Waals surface area (Å²) in [5, 5.41) is 15.7. The van der Waals surface area contributed by atoms with Crippen LogP contribution < -0.4 is 10.2 Å². The summed E-state index contributed by atoms with van der Waals surface area (Å²) in [5.74, 6) is 0.481. The zero-order chi connectivity index (χ0) is 8.27. The van der Waals surface area contributed by atoms with Gasteiger partial charge in [0.15, 0.2) is 0 Å². The van der Waals surface area contributed by atoms with Gasteiger partial charge in [-0.15, -0.1) is 0 Å². The van der Waals surface area contributed by atoms with Gasteiger partial charge in [-0.25, -0.2) is 4.98 Å². The van der Waals surface area contributed by atoms with Crippen LogP contribution in [0.25, 0.3) is 0 Å². The molecule has 0 radical (unpaired) electrons. The minimum atomic E-state index is -1.21. The van der Waals surface area contributed by atoms with Gasteiger partial charge in [0.05, 0.1) is 12.6 Å². The van der Waals surface area contributed by atoms with Gasteiger partial charge in [0.25, 0.3) is 0 Å². The second kappa shape index (κ2) is 3.36. The molecule has 1 heterocycles. The fourth-order valence-corrected chi connectivity index (χ4v) is 0.674. The highest BCUT2D eigenvalue weighted by Gasteiger charge is 2.21. The minimum Gasteiger partial charge on any atom is -0.522 e. The summed E-state index contributed by atoms with van der Waals surface area (Å²) in [6.45, 7) is 0. The predicted octanol–water partition coefficient (Wildman–Crippen LogP) is -1.50. The summed E-state index contributed by atoms with van der Waals surface area (Å²) in [5.41, 5.74) is 0.464. The molecule has 58 valence electrons. The number of ether oxygens (including phenoxy) is 1. The van der Waals surface area contributed by atoms with Crippen LogP contribution in [0.15, 0.2) is 18.3 Å². The molecule has 0 fully saturated rings. The number of hydrogen-bond donors (Lipinski definition) is 1. The molecule has 3 N–H and O–H groups in total. The van der Waals surface area contributed by atoms with Gasteiger partial charge in [0.2, 0.25) is 5.88 Å². The van der Waals surface area contributed by atoms with E-state index in [1.165, 1.54) is 13.3 Å². The van der Waals surface area contributed by atoms with Gasteiger partial charge in [-0.2, -0.15) is 0 Å². The van der Waals surface area contributed by atoms with Crippen LogP contribution in [0, 0.1) is 0 Å². The third kappa shape index (κ3) is 1.93. The Labute approximate surface area is 64.6 Å². The topological polar surface area (TPSA) is 65.2 Å². The molecule has 5 heteroatoms. The van der Waals surface area contributed by atoms with Crippen molar-refractivity contribution in [1.29, 1.82) is 0 Å².